The Morgan fingerprint density at radius 3 is 2.68 bits per heavy atom. The monoisotopic (exact) mass is 452 g/mol. The van der Waals surface area contributed by atoms with Gasteiger partial charge in [-0.2, -0.15) is 5.10 Å². The number of benzene rings is 2. The summed E-state index contributed by atoms with van der Waals surface area (Å²) < 4.78 is 5.74. The molecule has 4 rings (SSSR count). The van der Waals surface area contributed by atoms with Crippen LogP contribution in [0.1, 0.15) is 11.3 Å². The molecule has 0 bridgehead atoms. The van der Waals surface area contributed by atoms with Crippen LogP contribution in [0.3, 0.4) is 0 Å². The largest absolute Gasteiger partial charge is 0.457 e. The van der Waals surface area contributed by atoms with E-state index in [0.29, 0.717) is 27.2 Å². The zero-order valence-electron chi connectivity index (χ0n) is 15.7. The van der Waals surface area contributed by atoms with Crippen LogP contribution in [0, 0.1) is 10.1 Å². The summed E-state index contributed by atoms with van der Waals surface area (Å²) >= 11 is 7.28. The van der Waals surface area contributed by atoms with Gasteiger partial charge in [0.15, 0.2) is 5.17 Å². The van der Waals surface area contributed by atoms with Crippen molar-refractivity contribution in [3.63, 3.8) is 0 Å². The Morgan fingerprint density at radius 1 is 1.13 bits per heavy atom. The Balaban J connectivity index is 1.49. The molecule has 1 aromatic heterocycles. The van der Waals surface area contributed by atoms with E-state index >= 15 is 0 Å². The topological polar surface area (TPSA) is 110 Å². The SMILES string of the molecule is O=C1N/C(=N\N=Cc2ccccc2)SC1=Cc1ccc(-c2ccc([N+](=O)[O-])cc2Cl)o1. The number of thioether (sulfide) groups is 1. The van der Waals surface area contributed by atoms with Crippen molar-refractivity contribution in [2.45, 2.75) is 0 Å². The highest BCUT2D eigenvalue weighted by atomic mass is 35.5. The quantitative estimate of drug-likeness (QED) is 0.250. The van der Waals surface area contributed by atoms with Crippen LogP contribution in [0.5, 0.6) is 0 Å². The van der Waals surface area contributed by atoms with Gasteiger partial charge in [-0.15, -0.1) is 5.10 Å². The Labute approximate surface area is 185 Å². The Morgan fingerprint density at radius 2 is 1.94 bits per heavy atom. The van der Waals surface area contributed by atoms with Crippen molar-refractivity contribution < 1.29 is 14.1 Å². The normalized spacial score (nSPS) is 16.4. The van der Waals surface area contributed by atoms with Gasteiger partial charge < -0.3 is 4.42 Å². The number of amidine groups is 1. The van der Waals surface area contributed by atoms with Crippen molar-refractivity contribution >= 4 is 52.4 Å². The second kappa shape index (κ2) is 8.99. The second-order valence-corrected chi connectivity index (χ2v) is 7.69. The Hall–Kier alpha value is -3.69. The summed E-state index contributed by atoms with van der Waals surface area (Å²) in [6.07, 6.45) is 3.17. The number of non-ortho nitro benzene ring substituents is 1. The van der Waals surface area contributed by atoms with E-state index in [-0.39, 0.29) is 16.6 Å². The molecule has 1 fully saturated rings. The van der Waals surface area contributed by atoms with E-state index in [9.17, 15) is 14.9 Å². The summed E-state index contributed by atoms with van der Waals surface area (Å²) in [7, 11) is 0. The van der Waals surface area contributed by atoms with Crippen LogP contribution >= 0.6 is 23.4 Å². The smallest absolute Gasteiger partial charge is 0.270 e. The minimum absolute atomic E-state index is 0.108. The van der Waals surface area contributed by atoms with Crippen molar-refractivity contribution in [3.05, 3.63) is 92.0 Å². The molecule has 1 aliphatic rings. The average molecular weight is 453 g/mol. The number of nitrogens with zero attached hydrogens (tertiary/aromatic N) is 3. The molecule has 2 aromatic carbocycles. The van der Waals surface area contributed by atoms with Crippen LogP contribution in [-0.4, -0.2) is 22.2 Å². The van der Waals surface area contributed by atoms with Gasteiger partial charge >= 0.3 is 0 Å². The molecule has 1 aliphatic heterocycles. The molecular formula is C21H13ClN4O4S. The van der Waals surface area contributed by atoms with E-state index in [1.54, 1.807) is 24.4 Å². The number of hydrogen-bond donors (Lipinski definition) is 1. The van der Waals surface area contributed by atoms with Crippen molar-refractivity contribution in [1.29, 1.82) is 0 Å². The fraction of sp³-hybridized carbons (Fsp3) is 0. The molecule has 10 heteroatoms. The number of carbonyl (C=O) groups is 1. The number of nitrogens with one attached hydrogen (secondary N) is 1. The van der Waals surface area contributed by atoms with Crippen LogP contribution in [0.15, 0.2) is 80.2 Å². The van der Waals surface area contributed by atoms with Crippen molar-refractivity contribution in [1.82, 2.24) is 5.32 Å². The van der Waals surface area contributed by atoms with Gasteiger partial charge in [-0.3, -0.25) is 20.2 Å². The van der Waals surface area contributed by atoms with Gasteiger partial charge in [-0.05, 0) is 35.5 Å². The summed E-state index contributed by atoms with van der Waals surface area (Å²) in [6.45, 7) is 0. The molecule has 0 spiro atoms. The molecule has 0 radical (unpaired) electrons. The molecule has 1 saturated heterocycles. The van der Waals surface area contributed by atoms with Gasteiger partial charge in [0.05, 0.1) is 21.1 Å². The molecular weight excluding hydrogens is 440 g/mol. The number of nitro groups is 1. The molecule has 8 nitrogen and oxygen atoms in total. The summed E-state index contributed by atoms with van der Waals surface area (Å²) in [4.78, 5) is 22.9. The predicted molar refractivity (Wildman–Crippen MR) is 121 cm³/mol. The van der Waals surface area contributed by atoms with Crippen LogP contribution < -0.4 is 5.32 Å². The van der Waals surface area contributed by atoms with Gasteiger partial charge in [0.1, 0.15) is 11.5 Å². The summed E-state index contributed by atoms with van der Waals surface area (Å²) in [6, 6.07) is 16.9. The molecule has 0 aliphatic carbocycles. The van der Waals surface area contributed by atoms with E-state index in [0.717, 1.165) is 17.3 Å². The van der Waals surface area contributed by atoms with E-state index in [1.165, 1.54) is 18.2 Å². The van der Waals surface area contributed by atoms with Crippen molar-refractivity contribution in [2.24, 2.45) is 10.2 Å². The van der Waals surface area contributed by atoms with Crippen molar-refractivity contribution in [3.8, 4) is 11.3 Å². The van der Waals surface area contributed by atoms with Gasteiger partial charge in [0.25, 0.3) is 11.6 Å². The standard InChI is InChI=1S/C21H13ClN4O4S/c22-17-10-14(26(28)29)6-8-16(17)18-9-7-15(30-18)11-19-20(27)24-21(31-19)25-23-12-13-4-2-1-3-5-13/h1-12H,(H,24,25,27). The fourth-order valence-corrected chi connectivity index (χ4v) is 3.71. The van der Waals surface area contributed by atoms with Crippen LogP contribution in [0.4, 0.5) is 5.69 Å². The molecule has 0 unspecified atom stereocenters. The first-order valence-corrected chi connectivity index (χ1v) is 10.1. The lowest BCUT2D eigenvalue weighted by molar-refractivity contribution is -0.384. The number of furan rings is 1. The van der Waals surface area contributed by atoms with Gasteiger partial charge in [-0.1, -0.05) is 41.9 Å². The number of carbonyl (C=O) groups excluding carboxylic acids is 1. The van der Waals surface area contributed by atoms with Gasteiger partial charge in [0.2, 0.25) is 0 Å². The van der Waals surface area contributed by atoms with Crippen LogP contribution in [0.25, 0.3) is 17.4 Å². The molecule has 1 N–H and O–H groups in total. The highest BCUT2D eigenvalue weighted by Gasteiger charge is 2.24. The molecule has 0 saturated carbocycles. The first-order valence-electron chi connectivity index (χ1n) is 8.91. The second-order valence-electron chi connectivity index (χ2n) is 6.25. The lowest BCUT2D eigenvalue weighted by atomic mass is 10.1. The number of amides is 1. The molecule has 3 aromatic rings. The molecule has 1 amide bonds. The zero-order valence-corrected chi connectivity index (χ0v) is 17.3. The van der Waals surface area contributed by atoms with Gasteiger partial charge in [0, 0.05) is 23.8 Å². The Kier molecular flexibility index (Phi) is 5.96. The predicted octanol–water partition coefficient (Wildman–Crippen LogP) is 5.10. The van der Waals surface area contributed by atoms with Crippen molar-refractivity contribution in [2.75, 3.05) is 0 Å². The molecule has 154 valence electrons. The molecule has 31 heavy (non-hydrogen) atoms. The zero-order chi connectivity index (χ0) is 21.8. The lowest BCUT2D eigenvalue weighted by Gasteiger charge is -2.00. The minimum Gasteiger partial charge on any atom is -0.457 e. The summed E-state index contributed by atoms with van der Waals surface area (Å²) in [5.74, 6) is 0.539. The number of hydrogen-bond acceptors (Lipinski definition) is 7. The third-order valence-corrected chi connectivity index (χ3v) is 5.35. The maximum Gasteiger partial charge on any atom is 0.270 e. The maximum absolute atomic E-state index is 12.2. The van der Waals surface area contributed by atoms with E-state index in [2.05, 4.69) is 15.5 Å². The van der Waals surface area contributed by atoms with Crippen LogP contribution in [-0.2, 0) is 4.79 Å². The molecule has 0 atom stereocenters. The highest BCUT2D eigenvalue weighted by Crippen LogP contribution is 2.33. The molecule has 2 heterocycles. The van der Waals surface area contributed by atoms with E-state index in [4.69, 9.17) is 16.0 Å². The maximum atomic E-state index is 12.2. The third-order valence-electron chi connectivity index (χ3n) is 4.13. The van der Waals surface area contributed by atoms with E-state index < -0.39 is 4.92 Å². The number of rotatable bonds is 5. The first kappa shape index (κ1) is 20.6. The van der Waals surface area contributed by atoms with E-state index in [1.807, 2.05) is 30.3 Å². The lowest BCUT2D eigenvalue weighted by Crippen LogP contribution is -2.19. The summed E-state index contributed by atoms with van der Waals surface area (Å²) in [5.41, 5.74) is 1.30. The fourth-order valence-electron chi connectivity index (χ4n) is 2.68. The van der Waals surface area contributed by atoms with Crippen LogP contribution in [0.2, 0.25) is 5.02 Å². The number of halogens is 1. The number of nitro benzene ring substituents is 1. The highest BCUT2D eigenvalue weighted by molar-refractivity contribution is 8.18. The first-order chi connectivity index (χ1) is 15.0. The average Bonchev–Trinajstić information content (AvgIpc) is 3.35. The van der Waals surface area contributed by atoms with Gasteiger partial charge in [-0.25, -0.2) is 0 Å². The summed E-state index contributed by atoms with van der Waals surface area (Å²) in [5, 5.41) is 22.0. The Bertz CT molecular complexity index is 1250. The third kappa shape index (κ3) is 4.90. The minimum atomic E-state index is -0.521.